The zero-order valence-electron chi connectivity index (χ0n) is 9.35. The normalized spacial score (nSPS) is 23.5. The highest BCUT2D eigenvalue weighted by atomic mass is 19.1. The molecule has 1 aliphatic rings. The summed E-state index contributed by atoms with van der Waals surface area (Å²) in [4.78, 5) is 2.18. The van der Waals surface area contributed by atoms with E-state index in [0.717, 1.165) is 25.9 Å². The third kappa shape index (κ3) is 2.60. The summed E-state index contributed by atoms with van der Waals surface area (Å²) in [6, 6.07) is 10.1. The van der Waals surface area contributed by atoms with Gasteiger partial charge in [-0.05, 0) is 24.9 Å². The number of nitrogens with zero attached hydrogens (tertiary/aromatic N) is 1. The van der Waals surface area contributed by atoms with Gasteiger partial charge in [-0.2, -0.15) is 0 Å². The molecule has 1 aromatic carbocycles. The van der Waals surface area contributed by atoms with Crippen LogP contribution < -0.4 is 0 Å². The molecule has 1 saturated heterocycles. The first kappa shape index (κ1) is 11.6. The molecule has 0 saturated carbocycles. The molecule has 2 atom stereocenters. The lowest BCUT2D eigenvalue weighted by Gasteiger charge is -2.27. The summed E-state index contributed by atoms with van der Waals surface area (Å²) in [5.74, 6) is 0. The van der Waals surface area contributed by atoms with Gasteiger partial charge in [0.25, 0.3) is 0 Å². The Kier molecular flexibility index (Phi) is 3.91. The summed E-state index contributed by atoms with van der Waals surface area (Å²) >= 11 is 0. The van der Waals surface area contributed by atoms with Crippen LogP contribution in [0.5, 0.6) is 0 Å². The molecular weight excluding hydrogens is 205 g/mol. The number of rotatable bonds is 4. The van der Waals surface area contributed by atoms with Gasteiger partial charge in [-0.15, -0.1) is 0 Å². The van der Waals surface area contributed by atoms with E-state index in [4.69, 9.17) is 0 Å². The quantitative estimate of drug-likeness (QED) is 0.843. The first-order valence-electron chi connectivity index (χ1n) is 5.83. The Hall–Kier alpha value is -0.930. The van der Waals surface area contributed by atoms with E-state index in [1.165, 1.54) is 5.56 Å². The molecule has 0 spiro atoms. The summed E-state index contributed by atoms with van der Waals surface area (Å²) in [7, 11) is 0. The predicted molar refractivity (Wildman–Crippen MR) is 61.9 cm³/mol. The van der Waals surface area contributed by atoms with Crippen LogP contribution in [0.4, 0.5) is 4.39 Å². The summed E-state index contributed by atoms with van der Waals surface area (Å²) in [6.45, 7) is 1.12. The number of halogens is 1. The molecule has 1 aliphatic heterocycles. The van der Waals surface area contributed by atoms with Gasteiger partial charge in [-0.25, -0.2) is 4.39 Å². The molecule has 0 radical (unpaired) electrons. The standard InChI is InChI=1S/C13H18FNO/c14-9-13(16)12-7-4-8-15(12)10-11-5-2-1-3-6-11/h1-3,5-6,12-13,16H,4,7-10H2. The van der Waals surface area contributed by atoms with E-state index in [2.05, 4.69) is 17.0 Å². The van der Waals surface area contributed by atoms with Crippen molar-refractivity contribution in [2.45, 2.75) is 31.5 Å². The highest BCUT2D eigenvalue weighted by Gasteiger charge is 2.30. The number of alkyl halides is 1. The molecule has 3 heteroatoms. The Morgan fingerprint density at radius 2 is 2.12 bits per heavy atom. The van der Waals surface area contributed by atoms with Crippen molar-refractivity contribution in [3.63, 3.8) is 0 Å². The molecule has 2 rings (SSSR count). The monoisotopic (exact) mass is 223 g/mol. The number of aliphatic hydroxyl groups is 1. The van der Waals surface area contributed by atoms with E-state index in [-0.39, 0.29) is 6.04 Å². The smallest absolute Gasteiger partial charge is 0.117 e. The second-order valence-electron chi connectivity index (χ2n) is 4.39. The van der Waals surface area contributed by atoms with E-state index >= 15 is 0 Å². The van der Waals surface area contributed by atoms with Crippen molar-refractivity contribution < 1.29 is 9.50 Å². The Labute approximate surface area is 95.7 Å². The lowest BCUT2D eigenvalue weighted by atomic mass is 10.1. The van der Waals surface area contributed by atoms with E-state index in [1.54, 1.807) is 0 Å². The second kappa shape index (κ2) is 5.41. The molecular formula is C13H18FNO. The maximum Gasteiger partial charge on any atom is 0.117 e. The van der Waals surface area contributed by atoms with Crippen LogP contribution in [0.3, 0.4) is 0 Å². The van der Waals surface area contributed by atoms with Crippen molar-refractivity contribution in [2.24, 2.45) is 0 Å². The third-order valence-corrected chi connectivity index (χ3v) is 3.24. The Morgan fingerprint density at radius 3 is 2.81 bits per heavy atom. The van der Waals surface area contributed by atoms with Gasteiger partial charge >= 0.3 is 0 Å². The number of hydrogen-bond acceptors (Lipinski definition) is 2. The lowest BCUT2D eigenvalue weighted by molar-refractivity contribution is 0.0502. The SMILES string of the molecule is OC(CF)C1CCCN1Cc1ccccc1. The minimum atomic E-state index is -0.828. The van der Waals surface area contributed by atoms with E-state index < -0.39 is 12.8 Å². The van der Waals surface area contributed by atoms with Gasteiger partial charge in [-0.1, -0.05) is 30.3 Å². The number of aliphatic hydroxyl groups excluding tert-OH is 1. The summed E-state index contributed by atoms with van der Waals surface area (Å²) in [5.41, 5.74) is 1.22. The molecule has 1 aromatic rings. The fraction of sp³-hybridized carbons (Fsp3) is 0.538. The van der Waals surface area contributed by atoms with Gasteiger partial charge in [0.05, 0.1) is 6.10 Å². The molecule has 2 unspecified atom stereocenters. The van der Waals surface area contributed by atoms with Gasteiger partial charge < -0.3 is 5.11 Å². The molecule has 1 N–H and O–H groups in total. The number of benzene rings is 1. The second-order valence-corrected chi connectivity index (χ2v) is 4.39. The minimum absolute atomic E-state index is 0.00907. The van der Waals surface area contributed by atoms with Crippen LogP contribution in [0.2, 0.25) is 0 Å². The number of likely N-dealkylation sites (tertiary alicyclic amines) is 1. The van der Waals surface area contributed by atoms with Crippen molar-refractivity contribution in [1.29, 1.82) is 0 Å². The third-order valence-electron chi connectivity index (χ3n) is 3.24. The highest BCUT2D eigenvalue weighted by Crippen LogP contribution is 2.22. The van der Waals surface area contributed by atoms with Crippen molar-refractivity contribution in [2.75, 3.05) is 13.2 Å². The van der Waals surface area contributed by atoms with Crippen LogP contribution in [-0.4, -0.2) is 35.4 Å². The summed E-state index contributed by atoms with van der Waals surface area (Å²) < 4.78 is 12.5. The first-order valence-corrected chi connectivity index (χ1v) is 5.83. The molecule has 1 heterocycles. The van der Waals surface area contributed by atoms with Gasteiger partial charge in [-0.3, -0.25) is 4.90 Å². The zero-order valence-corrected chi connectivity index (χ0v) is 9.35. The van der Waals surface area contributed by atoms with E-state index in [0.29, 0.717) is 0 Å². The molecule has 0 aliphatic carbocycles. The topological polar surface area (TPSA) is 23.5 Å². The molecule has 16 heavy (non-hydrogen) atoms. The van der Waals surface area contributed by atoms with Crippen LogP contribution in [0.1, 0.15) is 18.4 Å². The van der Waals surface area contributed by atoms with Crippen LogP contribution in [-0.2, 0) is 6.54 Å². The zero-order chi connectivity index (χ0) is 11.4. The van der Waals surface area contributed by atoms with E-state index in [9.17, 15) is 9.50 Å². The Morgan fingerprint density at radius 1 is 1.38 bits per heavy atom. The molecule has 88 valence electrons. The molecule has 0 bridgehead atoms. The Balaban J connectivity index is 1.99. The highest BCUT2D eigenvalue weighted by molar-refractivity contribution is 5.14. The van der Waals surface area contributed by atoms with Crippen molar-refractivity contribution in [3.8, 4) is 0 Å². The average molecular weight is 223 g/mol. The van der Waals surface area contributed by atoms with Crippen molar-refractivity contribution in [1.82, 2.24) is 4.90 Å². The molecule has 2 nitrogen and oxygen atoms in total. The van der Waals surface area contributed by atoms with Crippen LogP contribution in [0, 0.1) is 0 Å². The maximum absolute atomic E-state index is 12.5. The largest absolute Gasteiger partial charge is 0.389 e. The minimum Gasteiger partial charge on any atom is -0.389 e. The van der Waals surface area contributed by atoms with Gasteiger partial charge in [0.15, 0.2) is 0 Å². The molecule has 0 aromatic heterocycles. The van der Waals surface area contributed by atoms with Crippen LogP contribution in [0.25, 0.3) is 0 Å². The van der Waals surface area contributed by atoms with Gasteiger partial charge in [0, 0.05) is 12.6 Å². The average Bonchev–Trinajstić information content (AvgIpc) is 2.77. The fourth-order valence-corrected chi connectivity index (χ4v) is 2.40. The van der Waals surface area contributed by atoms with Crippen molar-refractivity contribution >= 4 is 0 Å². The van der Waals surface area contributed by atoms with Crippen LogP contribution >= 0.6 is 0 Å². The van der Waals surface area contributed by atoms with Gasteiger partial charge in [0.2, 0.25) is 0 Å². The predicted octanol–water partition coefficient (Wildman–Crippen LogP) is 1.98. The lowest BCUT2D eigenvalue weighted by Crippen LogP contribution is -2.39. The van der Waals surface area contributed by atoms with E-state index in [1.807, 2.05) is 18.2 Å². The fourth-order valence-electron chi connectivity index (χ4n) is 2.40. The first-order chi connectivity index (χ1) is 7.81. The molecule has 1 fully saturated rings. The summed E-state index contributed by atoms with van der Waals surface area (Å²) in [6.07, 6.45) is 1.12. The van der Waals surface area contributed by atoms with Gasteiger partial charge in [0.1, 0.15) is 6.67 Å². The van der Waals surface area contributed by atoms with Crippen LogP contribution in [0.15, 0.2) is 30.3 Å². The maximum atomic E-state index is 12.5. The molecule has 0 amide bonds. The Bertz CT molecular complexity index is 317. The summed E-state index contributed by atoms with van der Waals surface area (Å²) in [5, 5.41) is 9.59. The van der Waals surface area contributed by atoms with Crippen molar-refractivity contribution in [3.05, 3.63) is 35.9 Å². The number of hydrogen-bond donors (Lipinski definition) is 1.